The van der Waals surface area contributed by atoms with Crippen molar-refractivity contribution in [1.29, 1.82) is 0 Å². The number of aromatic nitrogens is 4. The van der Waals surface area contributed by atoms with Gasteiger partial charge in [0.1, 0.15) is 0 Å². The first-order valence-corrected chi connectivity index (χ1v) is 8.89. The van der Waals surface area contributed by atoms with E-state index in [2.05, 4.69) is 73.6 Å². The van der Waals surface area contributed by atoms with Gasteiger partial charge in [-0.25, -0.2) is 4.98 Å². The normalized spacial score (nSPS) is 11.3. The maximum absolute atomic E-state index is 4.56. The van der Waals surface area contributed by atoms with Crippen molar-refractivity contribution in [3.05, 3.63) is 66.9 Å². The summed E-state index contributed by atoms with van der Waals surface area (Å²) < 4.78 is 0. The first kappa shape index (κ1) is 15.6. The predicted octanol–water partition coefficient (Wildman–Crippen LogP) is 4.84. The average Bonchev–Trinajstić information content (AvgIpc) is 3.31. The molecule has 0 fully saturated rings. The number of para-hydroxylation sites is 1. The molecule has 0 spiro atoms. The van der Waals surface area contributed by atoms with Gasteiger partial charge < -0.3 is 9.88 Å². The summed E-state index contributed by atoms with van der Waals surface area (Å²) in [4.78, 5) is 10.1. The molecule has 3 aromatic heterocycles. The molecular weight excluding hydrogens is 334 g/mol. The number of H-pyrrole nitrogens is 2. The molecule has 132 valence electrons. The van der Waals surface area contributed by atoms with E-state index in [4.69, 9.17) is 0 Å². The smallest absolute Gasteiger partial charge is 0.181 e. The second kappa shape index (κ2) is 5.99. The Morgan fingerprint density at radius 3 is 2.63 bits per heavy atom. The predicted molar refractivity (Wildman–Crippen MR) is 111 cm³/mol. The number of anilines is 1. The first-order chi connectivity index (χ1) is 13.2. The number of hydrogen-bond acceptors (Lipinski definition) is 3. The van der Waals surface area contributed by atoms with E-state index in [-0.39, 0.29) is 0 Å². The van der Waals surface area contributed by atoms with Crippen molar-refractivity contribution in [3.63, 3.8) is 0 Å². The van der Waals surface area contributed by atoms with Gasteiger partial charge in [0, 0.05) is 47.8 Å². The largest absolute Gasteiger partial charge is 0.378 e. The minimum Gasteiger partial charge on any atom is -0.378 e. The monoisotopic (exact) mass is 353 g/mol. The molecule has 0 amide bonds. The zero-order valence-electron chi connectivity index (χ0n) is 15.2. The Hall–Kier alpha value is -3.60. The summed E-state index contributed by atoms with van der Waals surface area (Å²) in [7, 11) is 4.09. The van der Waals surface area contributed by atoms with Crippen molar-refractivity contribution in [2.24, 2.45) is 0 Å². The fraction of sp³-hybridized carbons (Fsp3) is 0.0909. The van der Waals surface area contributed by atoms with Crippen molar-refractivity contribution in [2.45, 2.75) is 0 Å². The highest BCUT2D eigenvalue weighted by molar-refractivity contribution is 5.96. The highest BCUT2D eigenvalue weighted by Crippen LogP contribution is 2.31. The van der Waals surface area contributed by atoms with Gasteiger partial charge in [0.2, 0.25) is 0 Å². The Bertz CT molecular complexity index is 1230. The molecule has 2 aromatic carbocycles. The van der Waals surface area contributed by atoms with E-state index in [1.165, 1.54) is 5.39 Å². The molecule has 0 aliphatic heterocycles. The van der Waals surface area contributed by atoms with Gasteiger partial charge in [0.05, 0.1) is 11.4 Å². The van der Waals surface area contributed by atoms with Gasteiger partial charge in [-0.15, -0.1) is 0 Å². The van der Waals surface area contributed by atoms with Crippen molar-refractivity contribution in [3.8, 4) is 22.5 Å². The fourth-order valence-corrected chi connectivity index (χ4v) is 3.43. The number of pyridine rings is 1. The van der Waals surface area contributed by atoms with Crippen LogP contribution in [0, 0.1) is 0 Å². The standard InChI is InChI=1S/C22H19N5/c1-27(2)17-8-5-7-14(10-17)16-11-18-21(25-26-22(18)23-13-16)20-12-15-6-3-4-9-19(15)24-20/h3-13,24H,1-2H3,(H,23,25,26). The maximum atomic E-state index is 4.56. The van der Waals surface area contributed by atoms with Crippen LogP contribution in [-0.4, -0.2) is 34.3 Å². The van der Waals surface area contributed by atoms with Crippen LogP contribution in [0.2, 0.25) is 0 Å². The number of aromatic amines is 2. The van der Waals surface area contributed by atoms with Crippen LogP contribution in [0.15, 0.2) is 66.9 Å². The van der Waals surface area contributed by atoms with Gasteiger partial charge in [-0.2, -0.15) is 5.10 Å². The fourth-order valence-electron chi connectivity index (χ4n) is 3.43. The van der Waals surface area contributed by atoms with Crippen LogP contribution in [0.5, 0.6) is 0 Å². The molecule has 0 saturated heterocycles. The molecule has 0 aliphatic carbocycles. The zero-order valence-corrected chi connectivity index (χ0v) is 15.2. The van der Waals surface area contributed by atoms with E-state index < -0.39 is 0 Å². The maximum Gasteiger partial charge on any atom is 0.181 e. The molecule has 2 N–H and O–H groups in total. The van der Waals surface area contributed by atoms with E-state index in [0.29, 0.717) is 0 Å². The molecule has 5 nitrogen and oxygen atoms in total. The van der Waals surface area contributed by atoms with E-state index in [0.717, 1.165) is 44.8 Å². The summed E-state index contributed by atoms with van der Waals surface area (Å²) in [6, 6.07) is 21.0. The summed E-state index contributed by atoms with van der Waals surface area (Å²) in [6.45, 7) is 0. The van der Waals surface area contributed by atoms with Gasteiger partial charge >= 0.3 is 0 Å². The molecule has 5 heteroatoms. The van der Waals surface area contributed by atoms with Gasteiger partial charge in [-0.3, -0.25) is 5.10 Å². The molecule has 3 heterocycles. The van der Waals surface area contributed by atoms with E-state index in [9.17, 15) is 0 Å². The van der Waals surface area contributed by atoms with Gasteiger partial charge in [0.15, 0.2) is 5.65 Å². The lowest BCUT2D eigenvalue weighted by Crippen LogP contribution is -2.08. The van der Waals surface area contributed by atoms with Crippen LogP contribution in [0.4, 0.5) is 5.69 Å². The third kappa shape index (κ3) is 2.64. The SMILES string of the molecule is CN(C)c1cccc(-c2cnc3n[nH]c(-c4cc5ccccc5[nH]4)c3c2)c1. The van der Waals surface area contributed by atoms with Crippen LogP contribution in [0.25, 0.3) is 44.5 Å². The van der Waals surface area contributed by atoms with Crippen molar-refractivity contribution in [1.82, 2.24) is 20.2 Å². The average molecular weight is 353 g/mol. The first-order valence-electron chi connectivity index (χ1n) is 8.89. The topological polar surface area (TPSA) is 60.6 Å². The molecule has 27 heavy (non-hydrogen) atoms. The van der Waals surface area contributed by atoms with E-state index >= 15 is 0 Å². The van der Waals surface area contributed by atoms with Gasteiger partial charge in [0.25, 0.3) is 0 Å². The summed E-state index contributed by atoms with van der Waals surface area (Å²) in [5, 5.41) is 9.72. The summed E-state index contributed by atoms with van der Waals surface area (Å²) in [6.07, 6.45) is 1.88. The number of rotatable bonds is 3. The minimum absolute atomic E-state index is 0.719. The van der Waals surface area contributed by atoms with E-state index in [1.807, 2.05) is 32.4 Å². The summed E-state index contributed by atoms with van der Waals surface area (Å²) in [5.41, 5.74) is 7.17. The summed E-state index contributed by atoms with van der Waals surface area (Å²) >= 11 is 0. The number of fused-ring (bicyclic) bond motifs is 2. The Kier molecular flexibility index (Phi) is 3.47. The second-order valence-electron chi connectivity index (χ2n) is 6.91. The zero-order chi connectivity index (χ0) is 18.4. The third-order valence-electron chi connectivity index (χ3n) is 4.90. The Labute approximate surface area is 156 Å². The Morgan fingerprint density at radius 1 is 0.889 bits per heavy atom. The molecular formula is C22H19N5. The van der Waals surface area contributed by atoms with Gasteiger partial charge in [-0.05, 0) is 35.9 Å². The lowest BCUT2D eigenvalue weighted by molar-refractivity contribution is 1.10. The van der Waals surface area contributed by atoms with Crippen molar-refractivity contribution in [2.75, 3.05) is 19.0 Å². The molecule has 0 radical (unpaired) electrons. The van der Waals surface area contributed by atoms with Crippen LogP contribution < -0.4 is 4.90 Å². The lowest BCUT2D eigenvalue weighted by atomic mass is 10.0. The highest BCUT2D eigenvalue weighted by atomic mass is 15.2. The van der Waals surface area contributed by atoms with Crippen molar-refractivity contribution < 1.29 is 0 Å². The van der Waals surface area contributed by atoms with Crippen LogP contribution in [0.3, 0.4) is 0 Å². The Morgan fingerprint density at radius 2 is 1.78 bits per heavy atom. The molecule has 0 bridgehead atoms. The molecule has 0 unspecified atom stereocenters. The minimum atomic E-state index is 0.719. The molecule has 0 aliphatic rings. The number of nitrogens with zero attached hydrogens (tertiary/aromatic N) is 3. The third-order valence-corrected chi connectivity index (χ3v) is 4.90. The lowest BCUT2D eigenvalue weighted by Gasteiger charge is -2.13. The highest BCUT2D eigenvalue weighted by Gasteiger charge is 2.13. The van der Waals surface area contributed by atoms with Crippen LogP contribution >= 0.6 is 0 Å². The van der Waals surface area contributed by atoms with Crippen LogP contribution in [-0.2, 0) is 0 Å². The number of nitrogens with one attached hydrogen (secondary N) is 2. The quantitative estimate of drug-likeness (QED) is 0.488. The Balaban J connectivity index is 1.65. The summed E-state index contributed by atoms with van der Waals surface area (Å²) in [5.74, 6) is 0. The van der Waals surface area contributed by atoms with Crippen molar-refractivity contribution >= 4 is 27.6 Å². The molecule has 0 atom stereocenters. The number of benzene rings is 2. The molecule has 5 aromatic rings. The number of hydrogen-bond donors (Lipinski definition) is 2. The molecule has 0 saturated carbocycles. The molecule has 5 rings (SSSR count). The van der Waals surface area contributed by atoms with Gasteiger partial charge in [-0.1, -0.05) is 30.3 Å². The second-order valence-corrected chi connectivity index (χ2v) is 6.91. The van der Waals surface area contributed by atoms with E-state index in [1.54, 1.807) is 0 Å². The van der Waals surface area contributed by atoms with Crippen LogP contribution in [0.1, 0.15) is 0 Å².